The van der Waals surface area contributed by atoms with Gasteiger partial charge in [-0.25, -0.2) is 0 Å². The van der Waals surface area contributed by atoms with Gasteiger partial charge in [-0.1, -0.05) is 24.0 Å². The smallest absolute Gasteiger partial charge is 0.169 e. The van der Waals surface area contributed by atoms with E-state index >= 15 is 0 Å². The van der Waals surface area contributed by atoms with Gasteiger partial charge >= 0.3 is 0 Å². The average Bonchev–Trinajstić information content (AvgIpc) is 3.37. The second-order valence-electron chi connectivity index (χ2n) is 9.09. The van der Waals surface area contributed by atoms with Gasteiger partial charge < -0.3 is 19.1 Å². The number of likely N-dealkylation sites (tertiary alicyclic amines) is 1. The molecule has 2 aliphatic heterocycles. The summed E-state index contributed by atoms with van der Waals surface area (Å²) in [5.74, 6) is 2.36. The van der Waals surface area contributed by atoms with Gasteiger partial charge in [0.2, 0.25) is 0 Å². The molecule has 2 bridgehead atoms. The van der Waals surface area contributed by atoms with Crippen molar-refractivity contribution in [2.24, 2.45) is 5.92 Å². The minimum absolute atomic E-state index is 0. The van der Waals surface area contributed by atoms with Crippen LogP contribution in [0.15, 0.2) is 35.6 Å². The molecule has 6 rings (SSSR count). The number of ether oxygens (including phenoxy) is 2. The molecule has 4 unspecified atom stereocenters. The lowest BCUT2D eigenvalue weighted by atomic mass is 9.56. The summed E-state index contributed by atoms with van der Waals surface area (Å²) in [5.41, 5.74) is 3.80. The molecule has 5 aliphatic rings. The first-order chi connectivity index (χ1) is 12.6. The van der Waals surface area contributed by atoms with Crippen LogP contribution in [-0.4, -0.2) is 43.9 Å². The van der Waals surface area contributed by atoms with Crippen molar-refractivity contribution in [3.05, 3.63) is 46.7 Å². The van der Waals surface area contributed by atoms with Gasteiger partial charge in [-0.05, 0) is 24.5 Å². The van der Waals surface area contributed by atoms with Crippen LogP contribution in [0, 0.1) is 5.92 Å². The molecule has 2 heterocycles. The van der Waals surface area contributed by atoms with Gasteiger partial charge in [0.15, 0.2) is 6.10 Å². The lowest BCUT2D eigenvalue weighted by Gasteiger charge is -2.57. The summed E-state index contributed by atoms with van der Waals surface area (Å²) in [6.07, 6.45) is 9.04. The van der Waals surface area contributed by atoms with E-state index < -0.39 is 0 Å². The van der Waals surface area contributed by atoms with Gasteiger partial charge in [-0.15, -0.1) is 12.4 Å². The van der Waals surface area contributed by atoms with E-state index in [9.17, 15) is 5.11 Å². The van der Waals surface area contributed by atoms with Crippen LogP contribution in [0.25, 0.3) is 0 Å². The molecule has 27 heavy (non-hydrogen) atoms. The molecule has 0 N–H and O–H groups in total. The van der Waals surface area contributed by atoms with Crippen LogP contribution in [0.1, 0.15) is 30.4 Å². The molecule has 2 fully saturated rings. The van der Waals surface area contributed by atoms with Gasteiger partial charge in [0.25, 0.3) is 0 Å². The van der Waals surface area contributed by atoms with Crippen LogP contribution in [-0.2, 0) is 16.6 Å². The molecular formula is C22H26ClNO3. The van der Waals surface area contributed by atoms with Gasteiger partial charge in [0, 0.05) is 29.9 Å². The first kappa shape index (κ1) is 17.4. The zero-order valence-corrected chi connectivity index (χ0v) is 16.7. The van der Waals surface area contributed by atoms with Crippen molar-refractivity contribution in [3.8, 4) is 11.5 Å². The third-order valence-corrected chi connectivity index (χ3v) is 7.69. The number of nitrogens with zero attached hydrogens (tertiary/aromatic N) is 1. The highest BCUT2D eigenvalue weighted by atomic mass is 35.5. The van der Waals surface area contributed by atoms with E-state index in [1.165, 1.54) is 36.1 Å². The van der Waals surface area contributed by atoms with Crippen LogP contribution in [0.5, 0.6) is 11.5 Å². The monoisotopic (exact) mass is 387 g/mol. The highest BCUT2D eigenvalue weighted by Crippen LogP contribution is 2.63. The van der Waals surface area contributed by atoms with Crippen LogP contribution in [0.4, 0.5) is 0 Å². The summed E-state index contributed by atoms with van der Waals surface area (Å²) in [7, 11) is 4.16. The zero-order valence-electron chi connectivity index (χ0n) is 15.9. The van der Waals surface area contributed by atoms with Crippen molar-refractivity contribution in [1.82, 2.24) is 0 Å². The van der Waals surface area contributed by atoms with Crippen molar-refractivity contribution >= 4 is 12.4 Å². The second kappa shape index (κ2) is 5.45. The third kappa shape index (κ3) is 2.03. The number of piperidine rings is 1. The van der Waals surface area contributed by atoms with Crippen molar-refractivity contribution in [2.45, 2.75) is 43.2 Å². The normalized spacial score (nSPS) is 37.4. The average molecular weight is 388 g/mol. The zero-order chi connectivity index (χ0) is 17.7. The predicted molar refractivity (Wildman–Crippen MR) is 103 cm³/mol. The summed E-state index contributed by atoms with van der Waals surface area (Å²) in [4.78, 5) is 0. The Bertz CT molecular complexity index is 890. The lowest BCUT2D eigenvalue weighted by Crippen LogP contribution is -2.67. The topological polar surface area (TPSA) is 41.5 Å². The predicted octanol–water partition coefficient (Wildman–Crippen LogP) is 2.84. The lowest BCUT2D eigenvalue weighted by molar-refractivity contribution is -0.935. The molecule has 1 aromatic rings. The number of allylic oxidation sites excluding steroid dienone is 2. The van der Waals surface area contributed by atoms with Crippen molar-refractivity contribution < 1.29 is 19.1 Å². The molecule has 4 atom stereocenters. The number of halogens is 1. The Hall–Kier alpha value is -1.65. The highest BCUT2D eigenvalue weighted by Gasteiger charge is 2.65. The molecule has 3 aliphatic carbocycles. The number of methoxy groups -OCH3 is 1. The summed E-state index contributed by atoms with van der Waals surface area (Å²) in [6, 6.07) is 4.25. The van der Waals surface area contributed by atoms with E-state index in [0.717, 1.165) is 35.5 Å². The number of hydrogen-bond donors (Lipinski definition) is 0. The highest BCUT2D eigenvalue weighted by molar-refractivity contribution is 5.85. The molecule has 0 aromatic heterocycles. The van der Waals surface area contributed by atoms with Crippen molar-refractivity contribution in [1.29, 1.82) is 0 Å². The number of quaternary nitrogens is 1. The summed E-state index contributed by atoms with van der Waals surface area (Å²) in [6.45, 7) is 2.43. The molecule has 0 amide bonds. The molecule has 5 heteroatoms. The van der Waals surface area contributed by atoms with E-state index in [4.69, 9.17) is 9.47 Å². The first-order valence-electron chi connectivity index (χ1n) is 9.87. The fourth-order valence-electron chi connectivity index (χ4n) is 6.29. The Morgan fingerprint density at radius 2 is 2.11 bits per heavy atom. The third-order valence-electron chi connectivity index (χ3n) is 7.69. The summed E-state index contributed by atoms with van der Waals surface area (Å²) >= 11 is 0. The minimum Gasteiger partial charge on any atom is -0.870 e. The molecule has 0 radical (unpaired) electrons. The Balaban J connectivity index is 0.00000160. The standard InChI is InChI=1S/C22H25NO3.ClH/c1-23(12-13-3-4-13)10-9-22-15-6-8-18(25-2)21(22)26-20-17(24)7-5-14(19(20)22)11-16(15)23;/h5-8,13,16,21H,3-4,9-12H2,1-2H3;1H. The van der Waals surface area contributed by atoms with Crippen molar-refractivity contribution in [3.63, 3.8) is 0 Å². The Morgan fingerprint density at radius 1 is 1.30 bits per heavy atom. The Labute approximate surface area is 166 Å². The van der Waals surface area contributed by atoms with Crippen molar-refractivity contribution in [2.75, 3.05) is 27.2 Å². The molecule has 4 nitrogen and oxygen atoms in total. The maximum absolute atomic E-state index is 12.6. The Morgan fingerprint density at radius 3 is 2.85 bits per heavy atom. The SMILES string of the molecule is COC1=CC=C2C3Cc4ccc([O-])c5c4C2(CC[N+]3(C)CC2CC2)C1O5.Cl. The summed E-state index contributed by atoms with van der Waals surface area (Å²) in [5, 5.41) is 12.6. The maximum Gasteiger partial charge on any atom is 0.169 e. The molecule has 1 saturated carbocycles. The van der Waals surface area contributed by atoms with Gasteiger partial charge in [-0.2, -0.15) is 0 Å². The fraction of sp³-hybridized carbons (Fsp3) is 0.545. The second-order valence-corrected chi connectivity index (χ2v) is 9.09. The number of likely N-dealkylation sites (N-methyl/N-ethyl adjacent to an activating group) is 1. The van der Waals surface area contributed by atoms with Crippen LogP contribution in [0.3, 0.4) is 0 Å². The number of hydrogen-bond acceptors (Lipinski definition) is 3. The Kier molecular flexibility index (Phi) is 3.52. The van der Waals surface area contributed by atoms with Gasteiger partial charge in [0.1, 0.15) is 17.6 Å². The van der Waals surface area contributed by atoms with Gasteiger partial charge in [0.05, 0.1) is 32.7 Å². The molecule has 1 spiro atoms. The fourth-order valence-corrected chi connectivity index (χ4v) is 6.29. The molecule has 1 saturated heterocycles. The first-order valence-corrected chi connectivity index (χ1v) is 9.87. The van der Waals surface area contributed by atoms with E-state index in [2.05, 4.69) is 25.3 Å². The van der Waals surface area contributed by atoms with Crippen LogP contribution >= 0.6 is 12.4 Å². The van der Waals surface area contributed by atoms with E-state index in [1.54, 1.807) is 13.2 Å². The number of rotatable bonds is 3. The molecule has 1 aromatic carbocycles. The van der Waals surface area contributed by atoms with E-state index in [-0.39, 0.29) is 29.7 Å². The summed E-state index contributed by atoms with van der Waals surface area (Å²) < 4.78 is 13.1. The van der Waals surface area contributed by atoms with Crippen LogP contribution < -0.4 is 9.84 Å². The minimum atomic E-state index is -0.185. The van der Waals surface area contributed by atoms with Crippen LogP contribution in [0.2, 0.25) is 0 Å². The largest absolute Gasteiger partial charge is 0.870 e. The molecule has 144 valence electrons. The molecular weight excluding hydrogens is 362 g/mol. The van der Waals surface area contributed by atoms with E-state index in [1.807, 2.05) is 0 Å². The number of benzene rings is 1. The van der Waals surface area contributed by atoms with Gasteiger partial charge in [-0.3, -0.25) is 0 Å². The quantitative estimate of drug-likeness (QED) is 0.749. The maximum atomic E-state index is 12.6. The van der Waals surface area contributed by atoms with E-state index in [0.29, 0.717) is 11.8 Å².